The summed E-state index contributed by atoms with van der Waals surface area (Å²) >= 11 is 5.93. The number of hydrazone groups is 1. The van der Waals surface area contributed by atoms with Crippen LogP contribution in [-0.2, 0) is 9.59 Å². The highest BCUT2D eigenvalue weighted by Gasteiger charge is 2.08. The van der Waals surface area contributed by atoms with Crippen LogP contribution < -0.4 is 10.7 Å². The number of carbonyl (C=O) groups is 2. The largest absolute Gasteiger partial charge is 0.355 e. The van der Waals surface area contributed by atoms with Gasteiger partial charge in [-0.1, -0.05) is 43.6 Å². The molecule has 20 heavy (non-hydrogen) atoms. The lowest BCUT2D eigenvalue weighted by Crippen LogP contribution is -2.32. The summed E-state index contributed by atoms with van der Waals surface area (Å²) in [5.74, 6) is -0.432. The molecule has 0 unspecified atom stereocenters. The van der Waals surface area contributed by atoms with Crippen LogP contribution in [0.1, 0.15) is 25.8 Å². The number of carbonyl (C=O) groups excluding carboxylic acids is 2. The van der Waals surface area contributed by atoms with Crippen LogP contribution in [0, 0.1) is 5.92 Å². The zero-order valence-electron chi connectivity index (χ0n) is 11.5. The molecule has 0 bridgehead atoms. The quantitative estimate of drug-likeness (QED) is 0.478. The Kier molecular flexibility index (Phi) is 6.73. The molecule has 5 nitrogen and oxygen atoms in total. The Morgan fingerprint density at radius 1 is 1.30 bits per heavy atom. The molecule has 1 aromatic rings. The summed E-state index contributed by atoms with van der Waals surface area (Å²) in [6.07, 6.45) is 1.19. The van der Waals surface area contributed by atoms with Crippen LogP contribution in [0.25, 0.3) is 0 Å². The fraction of sp³-hybridized carbons (Fsp3) is 0.357. The van der Waals surface area contributed by atoms with Gasteiger partial charge in [-0.25, -0.2) is 5.43 Å². The molecular formula is C14H18ClN3O2. The minimum atomic E-state index is -0.463. The smallest absolute Gasteiger partial charge is 0.249 e. The van der Waals surface area contributed by atoms with E-state index in [9.17, 15) is 9.59 Å². The van der Waals surface area contributed by atoms with Crippen molar-refractivity contribution >= 4 is 29.6 Å². The summed E-state index contributed by atoms with van der Waals surface area (Å²) in [4.78, 5) is 22.9. The van der Waals surface area contributed by atoms with Crippen molar-refractivity contribution in [2.24, 2.45) is 11.0 Å². The lowest BCUT2D eigenvalue weighted by Gasteiger charge is -2.06. The van der Waals surface area contributed by atoms with Gasteiger partial charge in [0, 0.05) is 17.1 Å². The number of hydrogen-bond donors (Lipinski definition) is 2. The van der Waals surface area contributed by atoms with E-state index in [0.29, 0.717) is 23.0 Å². The Balaban J connectivity index is 2.36. The molecule has 0 aliphatic heterocycles. The van der Waals surface area contributed by atoms with Gasteiger partial charge in [0.05, 0.1) is 6.21 Å². The summed E-state index contributed by atoms with van der Waals surface area (Å²) < 4.78 is 0. The van der Waals surface area contributed by atoms with Crippen LogP contribution in [-0.4, -0.2) is 24.6 Å². The summed E-state index contributed by atoms with van der Waals surface area (Å²) in [5.41, 5.74) is 2.98. The van der Waals surface area contributed by atoms with E-state index in [4.69, 9.17) is 11.6 Å². The highest BCUT2D eigenvalue weighted by molar-refractivity contribution is 6.33. The number of amides is 2. The zero-order valence-corrected chi connectivity index (χ0v) is 12.3. The standard InChI is InChI=1S/C14H18ClN3O2/c1-10(2)8-16-13(19)7-14(20)18-17-9-11-5-3-4-6-12(11)15/h3-6,9-10H,7-8H2,1-2H3,(H,16,19)(H,18,20). The number of nitrogens with zero attached hydrogens (tertiary/aromatic N) is 1. The first-order valence-corrected chi connectivity index (χ1v) is 6.70. The van der Waals surface area contributed by atoms with Gasteiger partial charge in [-0.05, 0) is 12.0 Å². The maximum absolute atomic E-state index is 11.5. The molecule has 0 fully saturated rings. The first-order chi connectivity index (χ1) is 9.49. The molecule has 6 heteroatoms. The van der Waals surface area contributed by atoms with Gasteiger partial charge >= 0.3 is 0 Å². The molecule has 108 valence electrons. The van der Waals surface area contributed by atoms with E-state index in [1.807, 2.05) is 19.9 Å². The summed E-state index contributed by atoms with van der Waals surface area (Å²) in [5, 5.41) is 6.96. The van der Waals surface area contributed by atoms with Gasteiger partial charge in [-0.3, -0.25) is 9.59 Å². The van der Waals surface area contributed by atoms with E-state index in [2.05, 4.69) is 15.8 Å². The highest BCUT2D eigenvalue weighted by atomic mass is 35.5. The van der Waals surface area contributed by atoms with Crippen molar-refractivity contribution < 1.29 is 9.59 Å². The van der Waals surface area contributed by atoms with Crippen molar-refractivity contribution in [1.82, 2.24) is 10.7 Å². The maximum atomic E-state index is 11.5. The van der Waals surface area contributed by atoms with Crippen LogP contribution in [0.5, 0.6) is 0 Å². The first-order valence-electron chi connectivity index (χ1n) is 6.32. The second-order valence-electron chi connectivity index (χ2n) is 4.69. The van der Waals surface area contributed by atoms with E-state index in [1.54, 1.807) is 18.2 Å². The minimum absolute atomic E-state index is 0.243. The van der Waals surface area contributed by atoms with Gasteiger partial charge in [0.1, 0.15) is 6.42 Å². The topological polar surface area (TPSA) is 70.6 Å². The van der Waals surface area contributed by atoms with Gasteiger partial charge in [-0.15, -0.1) is 0 Å². The number of rotatable bonds is 6. The maximum Gasteiger partial charge on any atom is 0.249 e. The molecule has 0 aliphatic carbocycles. The molecule has 2 amide bonds. The van der Waals surface area contributed by atoms with Crippen LogP contribution in [0.15, 0.2) is 29.4 Å². The monoisotopic (exact) mass is 295 g/mol. The van der Waals surface area contributed by atoms with Crippen molar-refractivity contribution in [3.8, 4) is 0 Å². The number of hydrogen-bond acceptors (Lipinski definition) is 3. The molecule has 1 aromatic carbocycles. The van der Waals surface area contributed by atoms with E-state index in [1.165, 1.54) is 6.21 Å². The molecule has 0 spiro atoms. The third-order valence-electron chi connectivity index (χ3n) is 2.33. The van der Waals surface area contributed by atoms with Crippen molar-refractivity contribution in [2.45, 2.75) is 20.3 Å². The molecule has 0 saturated heterocycles. The molecule has 0 aromatic heterocycles. The SMILES string of the molecule is CC(C)CNC(=O)CC(=O)NN=Cc1ccccc1Cl. The lowest BCUT2D eigenvalue weighted by molar-refractivity contribution is -0.129. The van der Waals surface area contributed by atoms with Gasteiger partial charge in [-0.2, -0.15) is 5.10 Å². The number of nitrogens with one attached hydrogen (secondary N) is 2. The molecule has 0 atom stereocenters. The Labute approximate surface area is 123 Å². The minimum Gasteiger partial charge on any atom is -0.355 e. The van der Waals surface area contributed by atoms with Crippen molar-refractivity contribution in [2.75, 3.05) is 6.54 Å². The number of benzene rings is 1. The Morgan fingerprint density at radius 3 is 2.65 bits per heavy atom. The van der Waals surface area contributed by atoms with Crippen LogP contribution >= 0.6 is 11.6 Å². The van der Waals surface area contributed by atoms with Gasteiger partial charge in [0.15, 0.2) is 0 Å². The van der Waals surface area contributed by atoms with Crippen LogP contribution in [0.2, 0.25) is 5.02 Å². The second-order valence-corrected chi connectivity index (χ2v) is 5.10. The summed E-state index contributed by atoms with van der Waals surface area (Å²) in [6.45, 7) is 4.51. The Bertz CT molecular complexity index is 501. The molecule has 0 heterocycles. The lowest BCUT2D eigenvalue weighted by atomic mass is 10.2. The predicted molar refractivity (Wildman–Crippen MR) is 79.7 cm³/mol. The second kappa shape index (κ2) is 8.32. The zero-order chi connectivity index (χ0) is 15.0. The molecular weight excluding hydrogens is 278 g/mol. The summed E-state index contributed by atoms with van der Waals surface area (Å²) in [6, 6.07) is 7.11. The predicted octanol–water partition coefficient (Wildman–Crippen LogP) is 1.95. The molecule has 0 saturated carbocycles. The third kappa shape index (κ3) is 6.33. The van der Waals surface area contributed by atoms with Crippen molar-refractivity contribution in [3.63, 3.8) is 0 Å². The Hall–Kier alpha value is -1.88. The Morgan fingerprint density at radius 2 is 2.00 bits per heavy atom. The van der Waals surface area contributed by atoms with Crippen LogP contribution in [0.4, 0.5) is 0 Å². The fourth-order valence-electron chi connectivity index (χ4n) is 1.32. The third-order valence-corrected chi connectivity index (χ3v) is 2.67. The van der Waals surface area contributed by atoms with Gasteiger partial charge in [0.25, 0.3) is 0 Å². The molecule has 1 rings (SSSR count). The molecule has 0 aliphatic rings. The average molecular weight is 296 g/mol. The first kappa shape index (κ1) is 16.2. The normalized spacial score (nSPS) is 10.8. The summed E-state index contributed by atoms with van der Waals surface area (Å²) in [7, 11) is 0. The van der Waals surface area contributed by atoms with Crippen molar-refractivity contribution in [3.05, 3.63) is 34.9 Å². The average Bonchev–Trinajstić information content (AvgIpc) is 2.38. The fourth-order valence-corrected chi connectivity index (χ4v) is 1.50. The van der Waals surface area contributed by atoms with Gasteiger partial charge in [0.2, 0.25) is 11.8 Å². The molecule has 2 N–H and O–H groups in total. The number of halogens is 1. The van der Waals surface area contributed by atoms with Crippen molar-refractivity contribution in [1.29, 1.82) is 0 Å². The van der Waals surface area contributed by atoms with E-state index < -0.39 is 5.91 Å². The van der Waals surface area contributed by atoms with E-state index >= 15 is 0 Å². The van der Waals surface area contributed by atoms with Crippen LogP contribution in [0.3, 0.4) is 0 Å². The molecule has 0 radical (unpaired) electrons. The van der Waals surface area contributed by atoms with Gasteiger partial charge < -0.3 is 5.32 Å². The highest BCUT2D eigenvalue weighted by Crippen LogP contribution is 2.11. The van der Waals surface area contributed by atoms with E-state index in [-0.39, 0.29) is 12.3 Å². The van der Waals surface area contributed by atoms with E-state index in [0.717, 1.165) is 0 Å².